The molecule has 1 aliphatic rings. The molecule has 2 heteroatoms. The molecule has 0 spiro atoms. The summed E-state index contributed by atoms with van der Waals surface area (Å²) in [5, 5.41) is 0. The van der Waals surface area contributed by atoms with Crippen molar-refractivity contribution in [3.8, 4) is 0 Å². The lowest BCUT2D eigenvalue weighted by Crippen LogP contribution is -2.29. The SMILES string of the molecule is COCC1(C)CCC(C)O1. The van der Waals surface area contributed by atoms with E-state index in [0.717, 1.165) is 13.0 Å². The highest BCUT2D eigenvalue weighted by atomic mass is 16.5. The molecule has 0 N–H and O–H groups in total. The highest BCUT2D eigenvalue weighted by Crippen LogP contribution is 2.29. The van der Waals surface area contributed by atoms with Gasteiger partial charge in [-0.2, -0.15) is 0 Å². The summed E-state index contributed by atoms with van der Waals surface area (Å²) >= 11 is 0. The van der Waals surface area contributed by atoms with Crippen molar-refractivity contribution >= 4 is 0 Å². The van der Waals surface area contributed by atoms with E-state index in [9.17, 15) is 0 Å². The van der Waals surface area contributed by atoms with Crippen molar-refractivity contribution in [2.24, 2.45) is 0 Å². The third kappa shape index (κ3) is 1.70. The molecule has 2 nitrogen and oxygen atoms in total. The van der Waals surface area contributed by atoms with Crippen LogP contribution < -0.4 is 0 Å². The highest BCUT2D eigenvalue weighted by Gasteiger charge is 2.33. The summed E-state index contributed by atoms with van der Waals surface area (Å²) in [6.07, 6.45) is 2.71. The Morgan fingerprint density at radius 2 is 2.40 bits per heavy atom. The molecule has 0 bridgehead atoms. The number of rotatable bonds is 2. The molecule has 2 atom stereocenters. The lowest BCUT2D eigenvalue weighted by atomic mass is 10.0. The number of methoxy groups -OCH3 is 1. The van der Waals surface area contributed by atoms with Crippen LogP contribution in [0.2, 0.25) is 0 Å². The monoisotopic (exact) mass is 144 g/mol. The molecule has 0 aliphatic carbocycles. The Labute approximate surface area is 62.5 Å². The molecule has 1 heterocycles. The topological polar surface area (TPSA) is 18.5 Å². The Hall–Kier alpha value is -0.0800. The minimum absolute atomic E-state index is 0.00579. The second kappa shape index (κ2) is 2.89. The van der Waals surface area contributed by atoms with Crippen molar-refractivity contribution in [2.75, 3.05) is 13.7 Å². The first-order valence-corrected chi connectivity index (χ1v) is 3.83. The maximum absolute atomic E-state index is 5.66. The van der Waals surface area contributed by atoms with Gasteiger partial charge in [-0.1, -0.05) is 0 Å². The summed E-state index contributed by atoms with van der Waals surface area (Å²) in [5.74, 6) is 0. The van der Waals surface area contributed by atoms with Gasteiger partial charge < -0.3 is 9.47 Å². The zero-order valence-electron chi connectivity index (χ0n) is 7.02. The van der Waals surface area contributed by atoms with Gasteiger partial charge in [-0.25, -0.2) is 0 Å². The van der Waals surface area contributed by atoms with Gasteiger partial charge in [0.05, 0.1) is 18.3 Å². The molecule has 0 radical (unpaired) electrons. The molecule has 1 aliphatic heterocycles. The van der Waals surface area contributed by atoms with Crippen molar-refractivity contribution in [1.29, 1.82) is 0 Å². The second-order valence-corrected chi connectivity index (χ2v) is 3.35. The molecular weight excluding hydrogens is 128 g/mol. The summed E-state index contributed by atoms with van der Waals surface area (Å²) in [6, 6.07) is 0. The molecule has 0 aromatic rings. The van der Waals surface area contributed by atoms with Crippen LogP contribution in [0.1, 0.15) is 26.7 Å². The molecule has 60 valence electrons. The van der Waals surface area contributed by atoms with E-state index in [2.05, 4.69) is 13.8 Å². The Morgan fingerprint density at radius 1 is 1.70 bits per heavy atom. The predicted molar refractivity (Wildman–Crippen MR) is 40.1 cm³/mol. The van der Waals surface area contributed by atoms with Crippen LogP contribution in [0.4, 0.5) is 0 Å². The van der Waals surface area contributed by atoms with Crippen molar-refractivity contribution in [2.45, 2.75) is 38.4 Å². The van der Waals surface area contributed by atoms with E-state index >= 15 is 0 Å². The molecule has 0 aromatic carbocycles. The van der Waals surface area contributed by atoms with Crippen molar-refractivity contribution in [1.82, 2.24) is 0 Å². The maximum atomic E-state index is 5.66. The van der Waals surface area contributed by atoms with Crippen molar-refractivity contribution < 1.29 is 9.47 Å². The molecule has 0 saturated carbocycles. The average Bonchev–Trinajstić information content (AvgIpc) is 2.12. The summed E-state index contributed by atoms with van der Waals surface area (Å²) < 4.78 is 10.7. The first-order chi connectivity index (χ1) is 4.66. The predicted octanol–water partition coefficient (Wildman–Crippen LogP) is 1.59. The molecule has 10 heavy (non-hydrogen) atoms. The molecule has 1 saturated heterocycles. The Kier molecular flexibility index (Phi) is 2.32. The zero-order chi connectivity index (χ0) is 7.61. The molecule has 0 amide bonds. The van der Waals surface area contributed by atoms with Crippen LogP contribution in [0.5, 0.6) is 0 Å². The van der Waals surface area contributed by atoms with Crippen LogP contribution in [-0.4, -0.2) is 25.4 Å². The van der Waals surface area contributed by atoms with Crippen LogP contribution in [0.25, 0.3) is 0 Å². The van der Waals surface area contributed by atoms with Gasteiger partial charge in [-0.15, -0.1) is 0 Å². The van der Waals surface area contributed by atoms with Gasteiger partial charge in [0.2, 0.25) is 0 Å². The fourth-order valence-electron chi connectivity index (χ4n) is 1.52. The van der Waals surface area contributed by atoms with E-state index < -0.39 is 0 Å². The minimum atomic E-state index is -0.00579. The van der Waals surface area contributed by atoms with Crippen molar-refractivity contribution in [3.63, 3.8) is 0 Å². The van der Waals surface area contributed by atoms with Gasteiger partial charge in [0.1, 0.15) is 0 Å². The zero-order valence-corrected chi connectivity index (χ0v) is 7.02. The maximum Gasteiger partial charge on any atom is 0.0891 e. The van der Waals surface area contributed by atoms with E-state index in [-0.39, 0.29) is 5.60 Å². The summed E-state index contributed by atoms with van der Waals surface area (Å²) in [4.78, 5) is 0. The van der Waals surface area contributed by atoms with Crippen LogP contribution in [0, 0.1) is 0 Å². The normalized spacial score (nSPS) is 40.5. The van der Waals surface area contributed by atoms with Gasteiger partial charge in [0.15, 0.2) is 0 Å². The molecular formula is C8H16O2. The molecule has 2 unspecified atom stereocenters. The lowest BCUT2D eigenvalue weighted by Gasteiger charge is -2.22. The van der Waals surface area contributed by atoms with Crippen LogP contribution in [0.15, 0.2) is 0 Å². The molecule has 1 fully saturated rings. The fraction of sp³-hybridized carbons (Fsp3) is 1.00. The summed E-state index contributed by atoms with van der Waals surface area (Å²) in [6.45, 7) is 4.94. The van der Waals surface area contributed by atoms with Crippen LogP contribution in [-0.2, 0) is 9.47 Å². The Morgan fingerprint density at radius 3 is 2.80 bits per heavy atom. The Balaban J connectivity index is 2.38. The van der Waals surface area contributed by atoms with E-state index in [1.54, 1.807) is 7.11 Å². The van der Waals surface area contributed by atoms with Crippen LogP contribution in [0.3, 0.4) is 0 Å². The van der Waals surface area contributed by atoms with Crippen molar-refractivity contribution in [3.05, 3.63) is 0 Å². The van der Waals surface area contributed by atoms with E-state index in [1.165, 1.54) is 6.42 Å². The van der Waals surface area contributed by atoms with E-state index in [4.69, 9.17) is 9.47 Å². The smallest absolute Gasteiger partial charge is 0.0891 e. The summed E-state index contributed by atoms with van der Waals surface area (Å²) in [5.41, 5.74) is -0.00579. The summed E-state index contributed by atoms with van der Waals surface area (Å²) in [7, 11) is 1.72. The van der Waals surface area contributed by atoms with Gasteiger partial charge in [0.25, 0.3) is 0 Å². The average molecular weight is 144 g/mol. The lowest BCUT2D eigenvalue weighted by molar-refractivity contribution is -0.0650. The second-order valence-electron chi connectivity index (χ2n) is 3.35. The van der Waals surface area contributed by atoms with Gasteiger partial charge >= 0.3 is 0 Å². The first-order valence-electron chi connectivity index (χ1n) is 3.83. The quantitative estimate of drug-likeness (QED) is 0.586. The van der Waals surface area contributed by atoms with Gasteiger partial charge in [0, 0.05) is 7.11 Å². The van der Waals surface area contributed by atoms with Crippen LogP contribution >= 0.6 is 0 Å². The minimum Gasteiger partial charge on any atom is -0.382 e. The Bertz CT molecular complexity index is 110. The molecule has 0 aromatic heterocycles. The number of ether oxygens (including phenoxy) is 2. The fourth-order valence-corrected chi connectivity index (χ4v) is 1.52. The largest absolute Gasteiger partial charge is 0.382 e. The third-order valence-corrected chi connectivity index (χ3v) is 2.02. The van der Waals surface area contributed by atoms with E-state index in [1.807, 2.05) is 0 Å². The molecule has 1 rings (SSSR count). The number of hydrogen-bond donors (Lipinski definition) is 0. The first kappa shape index (κ1) is 8.02. The van der Waals surface area contributed by atoms with Gasteiger partial charge in [-0.3, -0.25) is 0 Å². The standard InChI is InChI=1S/C8H16O2/c1-7-4-5-8(2,10-7)6-9-3/h7H,4-6H2,1-3H3. The third-order valence-electron chi connectivity index (χ3n) is 2.02. The number of hydrogen-bond acceptors (Lipinski definition) is 2. The van der Waals surface area contributed by atoms with Gasteiger partial charge in [-0.05, 0) is 26.7 Å². The highest BCUT2D eigenvalue weighted by molar-refractivity contribution is 4.82. The van der Waals surface area contributed by atoms with E-state index in [0.29, 0.717) is 6.10 Å².